The van der Waals surface area contributed by atoms with Crippen LogP contribution in [0.2, 0.25) is 0 Å². The molecule has 6 nitrogen and oxygen atoms in total. The molecule has 5 rings (SSSR count). The van der Waals surface area contributed by atoms with E-state index in [2.05, 4.69) is 52.6 Å². The number of carbonyl (C=O) groups excluding carboxylic acids is 1. The molecular formula is C25H26N4O2. The van der Waals surface area contributed by atoms with Gasteiger partial charge >= 0.3 is 0 Å². The third-order valence-corrected chi connectivity index (χ3v) is 5.65. The number of aromatic nitrogens is 2. The van der Waals surface area contributed by atoms with Crippen LogP contribution in [-0.4, -0.2) is 33.4 Å². The lowest BCUT2D eigenvalue weighted by Gasteiger charge is -2.18. The molecule has 4 aromatic rings. The van der Waals surface area contributed by atoms with E-state index in [4.69, 9.17) is 4.42 Å². The summed E-state index contributed by atoms with van der Waals surface area (Å²) < 4.78 is 7.80. The lowest BCUT2D eigenvalue weighted by Crippen LogP contribution is -2.29. The van der Waals surface area contributed by atoms with Crippen LogP contribution < -0.4 is 5.32 Å². The Kier molecular flexibility index (Phi) is 5.30. The Morgan fingerprint density at radius 1 is 1.13 bits per heavy atom. The lowest BCUT2D eigenvalue weighted by molar-refractivity contribution is -0.121. The minimum absolute atomic E-state index is 0.0158. The summed E-state index contributed by atoms with van der Waals surface area (Å²) >= 11 is 0. The number of hydrogen-bond acceptors (Lipinski definition) is 4. The van der Waals surface area contributed by atoms with Crippen molar-refractivity contribution in [1.82, 2.24) is 19.8 Å². The van der Waals surface area contributed by atoms with Gasteiger partial charge in [0.05, 0.1) is 12.0 Å². The summed E-state index contributed by atoms with van der Waals surface area (Å²) in [6, 6.07) is 18.6. The largest absolute Gasteiger partial charge is 0.463 e. The number of carbonyl (C=O) groups is 1. The molecule has 1 N–H and O–H groups in total. The molecule has 1 saturated carbocycles. The summed E-state index contributed by atoms with van der Waals surface area (Å²) in [5.41, 5.74) is 4.11. The SMILES string of the molecule is CN(Cc1ccccc1)Cc1c(-c2ccco2)n(CC(=O)NC2CC2)c2ncccc12. The third kappa shape index (κ3) is 4.25. The van der Waals surface area contributed by atoms with Gasteiger partial charge in [-0.2, -0.15) is 0 Å². The maximum Gasteiger partial charge on any atom is 0.240 e. The molecule has 158 valence electrons. The van der Waals surface area contributed by atoms with Crippen molar-refractivity contribution in [3.8, 4) is 11.5 Å². The zero-order chi connectivity index (χ0) is 21.2. The van der Waals surface area contributed by atoms with Crippen LogP contribution in [0.4, 0.5) is 0 Å². The molecule has 0 spiro atoms. The number of pyridine rings is 1. The fourth-order valence-corrected chi connectivity index (χ4v) is 4.12. The summed E-state index contributed by atoms with van der Waals surface area (Å²) in [5, 5.41) is 4.14. The second-order valence-electron chi connectivity index (χ2n) is 8.26. The minimum atomic E-state index is 0.0158. The van der Waals surface area contributed by atoms with Crippen molar-refractivity contribution in [2.45, 2.75) is 38.5 Å². The monoisotopic (exact) mass is 414 g/mol. The Bertz CT molecular complexity index is 1180. The van der Waals surface area contributed by atoms with Crippen LogP contribution in [0.1, 0.15) is 24.0 Å². The topological polar surface area (TPSA) is 63.3 Å². The third-order valence-electron chi connectivity index (χ3n) is 5.65. The van der Waals surface area contributed by atoms with Gasteiger partial charge in [-0.1, -0.05) is 30.3 Å². The first-order chi connectivity index (χ1) is 15.2. The quantitative estimate of drug-likeness (QED) is 0.469. The first-order valence-corrected chi connectivity index (χ1v) is 10.7. The Morgan fingerprint density at radius 2 is 1.97 bits per heavy atom. The molecular weight excluding hydrogens is 388 g/mol. The number of furan rings is 1. The summed E-state index contributed by atoms with van der Waals surface area (Å²) in [6.07, 6.45) is 5.58. The summed E-state index contributed by atoms with van der Waals surface area (Å²) in [7, 11) is 2.11. The van der Waals surface area contributed by atoms with Gasteiger partial charge in [0.15, 0.2) is 5.76 Å². The van der Waals surface area contributed by atoms with Crippen molar-refractivity contribution in [3.05, 3.63) is 78.2 Å². The zero-order valence-electron chi connectivity index (χ0n) is 17.6. The molecule has 0 atom stereocenters. The molecule has 0 bridgehead atoms. The molecule has 1 fully saturated rings. The van der Waals surface area contributed by atoms with Gasteiger partial charge in [-0.05, 0) is 49.7 Å². The fraction of sp³-hybridized carbons (Fsp3) is 0.280. The Hall–Kier alpha value is -3.38. The Labute approximate surface area is 181 Å². The number of nitrogens with zero attached hydrogens (tertiary/aromatic N) is 3. The highest BCUT2D eigenvalue weighted by molar-refractivity contribution is 5.90. The highest BCUT2D eigenvalue weighted by atomic mass is 16.3. The normalized spacial score (nSPS) is 13.7. The van der Waals surface area contributed by atoms with Crippen LogP contribution in [0.3, 0.4) is 0 Å². The maximum atomic E-state index is 12.7. The highest BCUT2D eigenvalue weighted by Gasteiger charge is 2.26. The van der Waals surface area contributed by atoms with E-state index >= 15 is 0 Å². The Morgan fingerprint density at radius 3 is 2.71 bits per heavy atom. The summed E-state index contributed by atoms with van der Waals surface area (Å²) in [4.78, 5) is 19.6. The van der Waals surface area contributed by atoms with Crippen molar-refractivity contribution < 1.29 is 9.21 Å². The average Bonchev–Trinajstić information content (AvgIpc) is 3.32. The molecule has 1 aliphatic carbocycles. The van der Waals surface area contributed by atoms with E-state index in [0.717, 1.165) is 47.4 Å². The number of amides is 1. The van der Waals surface area contributed by atoms with Gasteiger partial charge < -0.3 is 14.3 Å². The van der Waals surface area contributed by atoms with E-state index in [0.29, 0.717) is 12.6 Å². The van der Waals surface area contributed by atoms with Gasteiger partial charge in [0, 0.05) is 36.3 Å². The van der Waals surface area contributed by atoms with Crippen LogP contribution in [0.25, 0.3) is 22.5 Å². The van der Waals surface area contributed by atoms with Gasteiger partial charge in [0.1, 0.15) is 12.2 Å². The second-order valence-corrected chi connectivity index (χ2v) is 8.26. The average molecular weight is 415 g/mol. The van der Waals surface area contributed by atoms with Crippen LogP contribution in [0.5, 0.6) is 0 Å². The molecule has 0 saturated heterocycles. The van der Waals surface area contributed by atoms with Crippen molar-refractivity contribution in [2.24, 2.45) is 0 Å². The first-order valence-electron chi connectivity index (χ1n) is 10.7. The predicted octanol–water partition coefficient (Wildman–Crippen LogP) is 4.21. The van der Waals surface area contributed by atoms with E-state index < -0.39 is 0 Å². The van der Waals surface area contributed by atoms with Gasteiger partial charge in [-0.15, -0.1) is 0 Å². The number of rotatable bonds is 8. The molecule has 1 aliphatic rings. The van der Waals surface area contributed by atoms with E-state index in [1.54, 1.807) is 12.5 Å². The maximum absolute atomic E-state index is 12.7. The summed E-state index contributed by atoms with van der Waals surface area (Å²) in [5.74, 6) is 0.766. The predicted molar refractivity (Wildman–Crippen MR) is 120 cm³/mol. The van der Waals surface area contributed by atoms with Gasteiger partial charge in [0.25, 0.3) is 0 Å². The molecule has 0 radical (unpaired) electrons. The molecule has 31 heavy (non-hydrogen) atoms. The molecule has 3 aromatic heterocycles. The number of nitrogens with one attached hydrogen (secondary N) is 1. The van der Waals surface area contributed by atoms with Crippen LogP contribution in [-0.2, 0) is 24.4 Å². The van der Waals surface area contributed by atoms with E-state index in [9.17, 15) is 4.79 Å². The second kappa shape index (κ2) is 8.40. The standard InChI is InChI=1S/C25H26N4O2/c1-28(15-18-7-3-2-4-8-18)16-21-20-9-5-13-26-25(20)29(17-23(30)27-19-11-12-19)24(21)22-10-6-14-31-22/h2-10,13-14,19H,11-12,15-17H2,1H3,(H,27,30). The number of benzene rings is 1. The van der Waals surface area contributed by atoms with Crippen LogP contribution >= 0.6 is 0 Å². The highest BCUT2D eigenvalue weighted by Crippen LogP contribution is 2.34. The molecule has 1 amide bonds. The first kappa shape index (κ1) is 19.6. The number of fused-ring (bicyclic) bond motifs is 1. The molecule has 0 unspecified atom stereocenters. The molecule has 1 aromatic carbocycles. The van der Waals surface area contributed by atoms with Crippen molar-refractivity contribution in [3.63, 3.8) is 0 Å². The zero-order valence-corrected chi connectivity index (χ0v) is 17.6. The fourth-order valence-electron chi connectivity index (χ4n) is 4.12. The smallest absolute Gasteiger partial charge is 0.240 e. The van der Waals surface area contributed by atoms with Crippen LogP contribution in [0, 0.1) is 0 Å². The lowest BCUT2D eigenvalue weighted by atomic mass is 10.1. The van der Waals surface area contributed by atoms with Crippen molar-refractivity contribution in [1.29, 1.82) is 0 Å². The van der Waals surface area contributed by atoms with Crippen molar-refractivity contribution >= 4 is 16.9 Å². The molecule has 0 aliphatic heterocycles. The van der Waals surface area contributed by atoms with Crippen LogP contribution in [0.15, 0.2) is 71.5 Å². The van der Waals surface area contributed by atoms with E-state index in [-0.39, 0.29) is 12.5 Å². The summed E-state index contributed by atoms with van der Waals surface area (Å²) in [6.45, 7) is 1.76. The van der Waals surface area contributed by atoms with E-state index in [1.807, 2.05) is 28.8 Å². The van der Waals surface area contributed by atoms with E-state index in [1.165, 1.54) is 5.56 Å². The minimum Gasteiger partial charge on any atom is -0.463 e. The number of hydrogen-bond donors (Lipinski definition) is 1. The van der Waals surface area contributed by atoms with Gasteiger partial charge in [0.2, 0.25) is 5.91 Å². The Balaban J connectivity index is 1.54. The molecule has 6 heteroatoms. The van der Waals surface area contributed by atoms with Gasteiger partial charge in [-0.3, -0.25) is 9.69 Å². The molecule has 3 heterocycles. The van der Waals surface area contributed by atoms with Gasteiger partial charge in [-0.25, -0.2) is 4.98 Å². The van der Waals surface area contributed by atoms with Crippen molar-refractivity contribution in [2.75, 3.05) is 7.05 Å².